The minimum absolute atomic E-state index is 0.226. The first-order valence-electron chi connectivity index (χ1n) is 8.45. The molecule has 29 heavy (non-hydrogen) atoms. The van der Waals surface area contributed by atoms with Crippen molar-refractivity contribution in [3.05, 3.63) is 71.2 Å². The number of H-pyrrole nitrogens is 1. The molecule has 0 radical (unpaired) electrons. The lowest BCUT2D eigenvalue weighted by Gasteiger charge is -2.05. The summed E-state index contributed by atoms with van der Waals surface area (Å²) in [5.41, 5.74) is 2.39. The number of carbonyl (C=O) groups excluding carboxylic acids is 1. The Morgan fingerprint density at radius 3 is 2.59 bits per heavy atom. The zero-order chi connectivity index (χ0) is 20.4. The van der Waals surface area contributed by atoms with Gasteiger partial charge in [0.25, 0.3) is 5.91 Å². The first kappa shape index (κ1) is 18.8. The Balaban J connectivity index is 1.52. The van der Waals surface area contributed by atoms with Crippen LogP contribution in [0.4, 0.5) is 13.9 Å². The van der Waals surface area contributed by atoms with Gasteiger partial charge < -0.3 is 4.74 Å². The van der Waals surface area contributed by atoms with E-state index in [1.165, 1.54) is 48.8 Å². The summed E-state index contributed by atoms with van der Waals surface area (Å²) >= 11 is 1.20. The van der Waals surface area contributed by atoms with Crippen LogP contribution in [0, 0.1) is 11.6 Å². The topological polar surface area (TPSA) is 79.9 Å². The van der Waals surface area contributed by atoms with Crippen molar-refractivity contribution in [2.75, 3.05) is 12.4 Å². The number of methoxy groups -OCH3 is 1. The largest absolute Gasteiger partial charge is 0.496 e. The number of hydrogen-bond acceptors (Lipinski definition) is 5. The molecule has 146 valence electrons. The van der Waals surface area contributed by atoms with Crippen LogP contribution in [-0.2, 0) is 0 Å². The van der Waals surface area contributed by atoms with Crippen molar-refractivity contribution in [1.82, 2.24) is 15.2 Å². The van der Waals surface area contributed by atoms with E-state index >= 15 is 0 Å². The number of nitrogens with one attached hydrogen (secondary N) is 2. The van der Waals surface area contributed by atoms with Crippen molar-refractivity contribution < 1.29 is 18.3 Å². The van der Waals surface area contributed by atoms with Gasteiger partial charge in [0.15, 0.2) is 5.13 Å². The van der Waals surface area contributed by atoms with Crippen molar-refractivity contribution in [3.63, 3.8) is 0 Å². The van der Waals surface area contributed by atoms with Crippen LogP contribution in [0.15, 0.2) is 53.9 Å². The highest BCUT2D eigenvalue weighted by Crippen LogP contribution is 2.33. The fraction of sp³-hybridized carbons (Fsp3) is 0.0500. The predicted molar refractivity (Wildman–Crippen MR) is 106 cm³/mol. The van der Waals surface area contributed by atoms with Crippen LogP contribution in [0.5, 0.6) is 5.75 Å². The first-order chi connectivity index (χ1) is 14.0. The van der Waals surface area contributed by atoms with Crippen LogP contribution in [0.1, 0.15) is 10.5 Å². The number of nitrogens with zero attached hydrogens (tertiary/aromatic N) is 2. The number of carbonyl (C=O) groups is 1. The van der Waals surface area contributed by atoms with Gasteiger partial charge in [-0.1, -0.05) is 0 Å². The number of aromatic nitrogens is 3. The highest BCUT2D eigenvalue weighted by Gasteiger charge is 2.15. The average molecular weight is 412 g/mol. The molecule has 2 aromatic heterocycles. The van der Waals surface area contributed by atoms with E-state index in [-0.39, 0.29) is 11.5 Å². The molecular formula is C20H14F2N4O2S. The molecule has 0 unspecified atom stereocenters. The van der Waals surface area contributed by atoms with Crippen LogP contribution in [0.2, 0.25) is 0 Å². The number of aromatic amines is 1. The molecule has 6 nitrogen and oxygen atoms in total. The molecule has 9 heteroatoms. The zero-order valence-electron chi connectivity index (χ0n) is 15.1. The molecule has 4 rings (SSSR count). The third kappa shape index (κ3) is 3.99. The second-order valence-electron chi connectivity index (χ2n) is 6.01. The van der Waals surface area contributed by atoms with Gasteiger partial charge in [0.1, 0.15) is 23.1 Å². The maximum absolute atomic E-state index is 13.6. The summed E-state index contributed by atoms with van der Waals surface area (Å²) in [7, 11) is 1.49. The van der Waals surface area contributed by atoms with Crippen molar-refractivity contribution in [2.45, 2.75) is 0 Å². The molecule has 2 aromatic carbocycles. The van der Waals surface area contributed by atoms with Crippen LogP contribution < -0.4 is 10.1 Å². The molecule has 0 aliphatic rings. The number of hydrogen-bond donors (Lipinski definition) is 2. The number of halogens is 2. The number of anilines is 1. The predicted octanol–water partition coefficient (Wildman–Crippen LogP) is 4.74. The number of amides is 1. The van der Waals surface area contributed by atoms with E-state index in [1.807, 2.05) is 0 Å². The number of thiazole rings is 1. The Morgan fingerprint density at radius 2 is 1.83 bits per heavy atom. The zero-order valence-corrected chi connectivity index (χ0v) is 15.9. The van der Waals surface area contributed by atoms with Crippen LogP contribution >= 0.6 is 11.3 Å². The van der Waals surface area contributed by atoms with Crippen LogP contribution in [-0.4, -0.2) is 28.2 Å². The molecule has 0 bridgehead atoms. The SMILES string of the molecule is COc1ccc(F)cc1-c1csc(NC(=O)c2cc(-c3ccc(F)cc3)n[nH]2)n1. The highest BCUT2D eigenvalue weighted by atomic mass is 32.1. The third-order valence-corrected chi connectivity index (χ3v) is 4.88. The molecule has 0 saturated heterocycles. The molecule has 2 heterocycles. The normalized spacial score (nSPS) is 10.7. The summed E-state index contributed by atoms with van der Waals surface area (Å²) in [6.07, 6.45) is 0. The molecule has 2 N–H and O–H groups in total. The molecule has 0 aliphatic heterocycles. The van der Waals surface area contributed by atoms with Crippen LogP contribution in [0.25, 0.3) is 22.5 Å². The lowest BCUT2D eigenvalue weighted by molar-refractivity contribution is 0.102. The number of ether oxygens (including phenoxy) is 1. The standard InChI is InChI=1S/C20H14F2N4O2S/c1-28-18-7-6-13(22)8-14(18)17-10-29-20(23-17)24-19(27)16-9-15(25-26-16)11-2-4-12(21)5-3-11/h2-10H,1H3,(H,25,26)(H,23,24,27). The Bertz CT molecular complexity index is 1170. The Kier molecular flexibility index (Phi) is 5.05. The highest BCUT2D eigenvalue weighted by molar-refractivity contribution is 7.14. The summed E-state index contributed by atoms with van der Waals surface area (Å²) in [6, 6.07) is 11.5. The Hall–Kier alpha value is -3.59. The molecule has 0 fully saturated rings. The molecule has 0 saturated carbocycles. The van der Waals surface area contributed by atoms with Crippen LogP contribution in [0.3, 0.4) is 0 Å². The lowest BCUT2D eigenvalue weighted by Crippen LogP contribution is -2.12. The van der Waals surface area contributed by atoms with Gasteiger partial charge in [0, 0.05) is 16.5 Å². The second-order valence-corrected chi connectivity index (χ2v) is 6.87. The van der Waals surface area contributed by atoms with E-state index in [0.717, 1.165) is 0 Å². The number of benzene rings is 2. The van der Waals surface area contributed by atoms with Gasteiger partial charge in [0.2, 0.25) is 0 Å². The minimum atomic E-state index is -0.432. The van der Waals surface area contributed by atoms with Crippen molar-refractivity contribution in [3.8, 4) is 28.3 Å². The summed E-state index contributed by atoms with van der Waals surface area (Å²) in [5.74, 6) is -0.716. The van der Waals surface area contributed by atoms with E-state index < -0.39 is 11.7 Å². The van der Waals surface area contributed by atoms with Gasteiger partial charge in [-0.15, -0.1) is 11.3 Å². The smallest absolute Gasteiger partial charge is 0.275 e. The molecule has 4 aromatic rings. The first-order valence-corrected chi connectivity index (χ1v) is 9.33. The van der Waals surface area contributed by atoms with Crippen molar-refractivity contribution in [2.24, 2.45) is 0 Å². The van der Waals surface area contributed by atoms with E-state index in [2.05, 4.69) is 20.5 Å². The summed E-state index contributed by atoms with van der Waals surface area (Å²) in [5, 5.41) is 11.5. The van der Waals surface area contributed by atoms with E-state index in [4.69, 9.17) is 4.74 Å². The van der Waals surface area contributed by atoms with Gasteiger partial charge >= 0.3 is 0 Å². The van der Waals surface area contributed by atoms with Crippen molar-refractivity contribution >= 4 is 22.4 Å². The summed E-state index contributed by atoms with van der Waals surface area (Å²) < 4.78 is 31.9. The van der Waals surface area contributed by atoms with Gasteiger partial charge in [-0.05, 0) is 48.5 Å². The van der Waals surface area contributed by atoms with E-state index in [0.29, 0.717) is 33.4 Å². The second kappa shape index (κ2) is 7.80. The Morgan fingerprint density at radius 1 is 1.07 bits per heavy atom. The average Bonchev–Trinajstić information content (AvgIpc) is 3.38. The summed E-state index contributed by atoms with van der Waals surface area (Å²) in [4.78, 5) is 16.8. The molecular weight excluding hydrogens is 398 g/mol. The molecule has 0 atom stereocenters. The fourth-order valence-electron chi connectivity index (χ4n) is 2.71. The van der Waals surface area contributed by atoms with E-state index in [1.54, 1.807) is 23.6 Å². The maximum atomic E-state index is 13.6. The summed E-state index contributed by atoms with van der Waals surface area (Å²) in [6.45, 7) is 0. The third-order valence-electron chi connectivity index (χ3n) is 4.12. The van der Waals surface area contributed by atoms with Gasteiger partial charge in [-0.2, -0.15) is 5.10 Å². The van der Waals surface area contributed by atoms with Crippen molar-refractivity contribution in [1.29, 1.82) is 0 Å². The molecule has 0 spiro atoms. The monoisotopic (exact) mass is 412 g/mol. The number of rotatable bonds is 5. The Labute approximate surface area is 168 Å². The van der Waals surface area contributed by atoms with Gasteiger partial charge in [-0.25, -0.2) is 13.8 Å². The minimum Gasteiger partial charge on any atom is -0.496 e. The van der Waals surface area contributed by atoms with Gasteiger partial charge in [-0.3, -0.25) is 15.2 Å². The fourth-order valence-corrected chi connectivity index (χ4v) is 3.41. The maximum Gasteiger partial charge on any atom is 0.275 e. The lowest BCUT2D eigenvalue weighted by atomic mass is 10.1. The van der Waals surface area contributed by atoms with E-state index in [9.17, 15) is 13.6 Å². The molecule has 1 amide bonds. The molecule has 0 aliphatic carbocycles. The van der Waals surface area contributed by atoms with Gasteiger partial charge in [0.05, 0.1) is 18.5 Å². The quantitative estimate of drug-likeness (QED) is 0.496.